The largest absolute Gasteiger partial charge is 0.411 e. The van der Waals surface area contributed by atoms with Crippen LogP contribution >= 0.6 is 0 Å². The molecule has 3 aliphatic rings. The van der Waals surface area contributed by atoms with Crippen molar-refractivity contribution in [3.05, 3.63) is 0 Å². The van der Waals surface area contributed by atoms with E-state index in [1.54, 1.807) is 6.21 Å². The summed E-state index contributed by atoms with van der Waals surface area (Å²) in [5.74, 6) is 0.990. The van der Waals surface area contributed by atoms with Crippen molar-refractivity contribution in [3.63, 3.8) is 0 Å². The van der Waals surface area contributed by atoms with Gasteiger partial charge in [-0.25, -0.2) is 0 Å². The lowest BCUT2D eigenvalue weighted by Gasteiger charge is -2.43. The summed E-state index contributed by atoms with van der Waals surface area (Å²) < 4.78 is 0. The van der Waals surface area contributed by atoms with Crippen molar-refractivity contribution >= 4 is 6.21 Å². The quantitative estimate of drug-likeness (QED) is 0.350. The zero-order valence-corrected chi connectivity index (χ0v) is 6.79. The molecule has 0 radical (unpaired) electrons. The first-order valence-electron chi connectivity index (χ1n) is 4.53. The Hall–Kier alpha value is -0.530. The van der Waals surface area contributed by atoms with Gasteiger partial charge in [-0.3, -0.25) is 0 Å². The fourth-order valence-electron chi connectivity index (χ4n) is 2.60. The van der Waals surface area contributed by atoms with E-state index in [2.05, 4.69) is 5.16 Å². The number of hydrogen-bond donors (Lipinski definition) is 1. The highest BCUT2D eigenvalue weighted by Gasteiger charge is 2.39. The molecule has 3 fully saturated rings. The maximum Gasteiger partial charge on any atom is 0.0497 e. The van der Waals surface area contributed by atoms with Crippen LogP contribution in [0.2, 0.25) is 0 Å². The first kappa shape index (κ1) is 7.14. The predicted octanol–water partition coefficient (Wildman–Crippen LogP) is 2.42. The van der Waals surface area contributed by atoms with Gasteiger partial charge in [-0.2, -0.15) is 0 Å². The minimum atomic E-state index is 0.295. The van der Waals surface area contributed by atoms with Crippen LogP contribution in [0.15, 0.2) is 5.16 Å². The van der Waals surface area contributed by atoms with Crippen LogP contribution in [0.25, 0.3) is 0 Å². The van der Waals surface area contributed by atoms with Crippen LogP contribution in [0, 0.1) is 11.3 Å². The topological polar surface area (TPSA) is 32.6 Å². The van der Waals surface area contributed by atoms with E-state index in [1.165, 1.54) is 38.5 Å². The van der Waals surface area contributed by atoms with Gasteiger partial charge < -0.3 is 5.21 Å². The number of fused-ring (bicyclic) bond motifs is 3. The summed E-state index contributed by atoms with van der Waals surface area (Å²) in [5.41, 5.74) is 0.295. The molecule has 0 atom stereocenters. The Balaban J connectivity index is 2.11. The van der Waals surface area contributed by atoms with Crippen LogP contribution in [0.4, 0.5) is 0 Å². The van der Waals surface area contributed by atoms with Gasteiger partial charge in [-0.1, -0.05) is 0 Å². The molecule has 0 heterocycles. The lowest BCUT2D eigenvalue weighted by Crippen LogP contribution is -2.35. The van der Waals surface area contributed by atoms with Crippen LogP contribution < -0.4 is 0 Å². The summed E-state index contributed by atoms with van der Waals surface area (Å²) in [6, 6.07) is 0. The summed E-state index contributed by atoms with van der Waals surface area (Å²) in [5, 5.41) is 11.7. The Labute approximate surface area is 67.3 Å². The Kier molecular flexibility index (Phi) is 1.63. The molecule has 11 heavy (non-hydrogen) atoms. The number of oxime groups is 1. The van der Waals surface area contributed by atoms with Gasteiger partial charge in [0.25, 0.3) is 0 Å². The maximum atomic E-state index is 8.50. The second-order valence-corrected chi connectivity index (χ2v) is 4.09. The first-order valence-corrected chi connectivity index (χ1v) is 4.53. The molecule has 0 unspecified atom stereocenters. The summed E-state index contributed by atoms with van der Waals surface area (Å²) in [6.07, 6.45) is 9.59. The molecule has 3 aliphatic carbocycles. The van der Waals surface area contributed by atoms with Gasteiger partial charge in [0, 0.05) is 11.6 Å². The first-order chi connectivity index (χ1) is 5.35. The Morgan fingerprint density at radius 1 is 1.18 bits per heavy atom. The maximum absolute atomic E-state index is 8.50. The average molecular weight is 153 g/mol. The van der Waals surface area contributed by atoms with E-state index in [0.717, 1.165) is 5.92 Å². The third kappa shape index (κ3) is 1.15. The fraction of sp³-hybridized carbons (Fsp3) is 0.889. The zero-order valence-electron chi connectivity index (χ0n) is 6.79. The summed E-state index contributed by atoms with van der Waals surface area (Å²) in [7, 11) is 0. The van der Waals surface area contributed by atoms with Gasteiger partial charge in [0.1, 0.15) is 0 Å². The van der Waals surface area contributed by atoms with Crippen molar-refractivity contribution in [2.75, 3.05) is 0 Å². The molecule has 2 bridgehead atoms. The molecule has 3 saturated carbocycles. The van der Waals surface area contributed by atoms with Gasteiger partial charge in [-0.15, -0.1) is 5.16 Å². The van der Waals surface area contributed by atoms with E-state index in [4.69, 9.17) is 5.21 Å². The third-order valence-corrected chi connectivity index (χ3v) is 3.48. The number of rotatable bonds is 1. The van der Waals surface area contributed by atoms with Crippen LogP contribution in [0.5, 0.6) is 0 Å². The zero-order chi connectivity index (χ0) is 7.73. The lowest BCUT2D eigenvalue weighted by atomic mass is 9.61. The minimum absolute atomic E-state index is 0.295. The normalized spacial score (nSPS) is 43.5. The molecule has 0 aliphatic heterocycles. The molecule has 0 amide bonds. The molecular formula is C9H15NO. The van der Waals surface area contributed by atoms with Crippen molar-refractivity contribution in [1.82, 2.24) is 0 Å². The highest BCUT2D eigenvalue weighted by atomic mass is 16.4. The van der Waals surface area contributed by atoms with Crippen LogP contribution in [-0.2, 0) is 0 Å². The van der Waals surface area contributed by atoms with E-state index in [9.17, 15) is 0 Å². The molecular weight excluding hydrogens is 138 g/mol. The third-order valence-electron chi connectivity index (χ3n) is 3.48. The molecule has 1 N–H and O–H groups in total. The second kappa shape index (κ2) is 2.50. The van der Waals surface area contributed by atoms with Crippen molar-refractivity contribution in [2.24, 2.45) is 16.5 Å². The van der Waals surface area contributed by atoms with Crippen LogP contribution in [-0.4, -0.2) is 11.4 Å². The second-order valence-electron chi connectivity index (χ2n) is 4.09. The average Bonchev–Trinajstić information content (AvgIpc) is 2.07. The molecule has 62 valence electrons. The Morgan fingerprint density at radius 3 is 2.18 bits per heavy atom. The predicted molar refractivity (Wildman–Crippen MR) is 43.9 cm³/mol. The molecule has 0 aromatic heterocycles. The highest BCUT2D eigenvalue weighted by molar-refractivity contribution is 5.65. The lowest BCUT2D eigenvalue weighted by molar-refractivity contribution is 0.128. The molecule has 0 spiro atoms. The van der Waals surface area contributed by atoms with Gasteiger partial charge >= 0.3 is 0 Å². The Morgan fingerprint density at radius 2 is 1.73 bits per heavy atom. The minimum Gasteiger partial charge on any atom is -0.411 e. The Bertz CT molecular complexity index is 155. The standard InChI is InChI=1S/C9H15NO/c11-10-7-9-4-1-8(2-5-9)3-6-9/h7-8,11H,1-6H2/b10-7-. The highest BCUT2D eigenvalue weighted by Crippen LogP contribution is 2.48. The van der Waals surface area contributed by atoms with Crippen molar-refractivity contribution in [2.45, 2.75) is 38.5 Å². The van der Waals surface area contributed by atoms with Crippen molar-refractivity contribution < 1.29 is 5.21 Å². The molecule has 2 nitrogen and oxygen atoms in total. The molecule has 3 rings (SSSR count). The molecule has 0 aromatic carbocycles. The van der Waals surface area contributed by atoms with E-state index in [-0.39, 0.29) is 0 Å². The molecule has 0 saturated heterocycles. The molecule has 2 heteroatoms. The van der Waals surface area contributed by atoms with E-state index < -0.39 is 0 Å². The van der Waals surface area contributed by atoms with Gasteiger partial charge in [0.15, 0.2) is 0 Å². The summed E-state index contributed by atoms with van der Waals surface area (Å²) in [4.78, 5) is 0. The van der Waals surface area contributed by atoms with Gasteiger partial charge in [0.2, 0.25) is 0 Å². The monoisotopic (exact) mass is 153 g/mol. The summed E-state index contributed by atoms with van der Waals surface area (Å²) >= 11 is 0. The number of nitrogens with zero attached hydrogens (tertiary/aromatic N) is 1. The van der Waals surface area contributed by atoms with Gasteiger partial charge in [-0.05, 0) is 44.4 Å². The molecule has 0 aromatic rings. The van der Waals surface area contributed by atoms with Crippen LogP contribution in [0.1, 0.15) is 38.5 Å². The fourth-order valence-corrected chi connectivity index (χ4v) is 2.60. The number of hydrogen-bond acceptors (Lipinski definition) is 2. The van der Waals surface area contributed by atoms with Crippen LogP contribution in [0.3, 0.4) is 0 Å². The van der Waals surface area contributed by atoms with E-state index >= 15 is 0 Å². The van der Waals surface area contributed by atoms with Crippen molar-refractivity contribution in [1.29, 1.82) is 0 Å². The smallest absolute Gasteiger partial charge is 0.0497 e. The SMILES string of the molecule is O/N=C\C12CCC(CC1)CC2. The van der Waals surface area contributed by atoms with E-state index in [0.29, 0.717) is 5.41 Å². The van der Waals surface area contributed by atoms with Crippen molar-refractivity contribution in [3.8, 4) is 0 Å². The van der Waals surface area contributed by atoms with E-state index in [1.807, 2.05) is 0 Å². The van der Waals surface area contributed by atoms with Gasteiger partial charge in [0.05, 0.1) is 0 Å². The summed E-state index contributed by atoms with van der Waals surface area (Å²) in [6.45, 7) is 0.